The molecule has 0 saturated carbocycles. The fourth-order valence-corrected chi connectivity index (χ4v) is 3.11. The normalized spacial score (nSPS) is 19.1. The smallest absolute Gasteiger partial charge is 0.137 e. The van der Waals surface area contributed by atoms with Crippen LogP contribution in [0.4, 0.5) is 4.39 Å². The Bertz CT molecular complexity index is 461. The van der Waals surface area contributed by atoms with Crippen molar-refractivity contribution in [3.63, 3.8) is 0 Å². The maximum atomic E-state index is 13.9. The molecule has 20 heavy (non-hydrogen) atoms. The van der Waals surface area contributed by atoms with Crippen molar-refractivity contribution in [2.24, 2.45) is 5.41 Å². The lowest BCUT2D eigenvalue weighted by Crippen LogP contribution is -2.49. The van der Waals surface area contributed by atoms with Crippen LogP contribution in [0.1, 0.15) is 25.5 Å². The molecule has 1 atom stereocenters. The fourth-order valence-electron chi connectivity index (χ4n) is 2.87. The largest absolute Gasteiger partial charge is 0.396 e. The lowest BCUT2D eigenvalue weighted by molar-refractivity contribution is 0.0304. The minimum Gasteiger partial charge on any atom is -0.396 e. The van der Waals surface area contributed by atoms with E-state index in [0.717, 1.165) is 31.7 Å². The molecule has 1 aliphatic heterocycles. The molecule has 0 spiro atoms. The summed E-state index contributed by atoms with van der Waals surface area (Å²) >= 11 is 3.19. The molecule has 1 aromatic carbocycles. The highest BCUT2D eigenvalue weighted by Crippen LogP contribution is 2.39. The Morgan fingerprint density at radius 2 is 2.05 bits per heavy atom. The first-order valence-corrected chi connectivity index (χ1v) is 7.75. The van der Waals surface area contributed by atoms with Gasteiger partial charge < -0.3 is 10.4 Å². The summed E-state index contributed by atoms with van der Waals surface area (Å²) in [6, 6.07) is 5.27. The highest BCUT2D eigenvalue weighted by Gasteiger charge is 2.35. The molecule has 5 heteroatoms. The van der Waals surface area contributed by atoms with Gasteiger partial charge in [-0.1, -0.05) is 19.9 Å². The second-order valence-corrected chi connectivity index (χ2v) is 6.86. The van der Waals surface area contributed by atoms with Crippen LogP contribution in [0.3, 0.4) is 0 Å². The van der Waals surface area contributed by atoms with E-state index in [-0.39, 0.29) is 23.9 Å². The van der Waals surface area contributed by atoms with Gasteiger partial charge in [-0.2, -0.15) is 0 Å². The zero-order valence-corrected chi connectivity index (χ0v) is 13.6. The van der Waals surface area contributed by atoms with Gasteiger partial charge in [0.1, 0.15) is 5.82 Å². The lowest BCUT2D eigenvalue weighted by Gasteiger charge is -2.43. The second-order valence-electron chi connectivity index (χ2n) is 6.01. The second kappa shape index (κ2) is 6.52. The molecule has 112 valence electrons. The molecule has 0 bridgehead atoms. The summed E-state index contributed by atoms with van der Waals surface area (Å²) in [7, 11) is 0. The van der Waals surface area contributed by atoms with Crippen molar-refractivity contribution in [2.75, 3.05) is 32.8 Å². The third kappa shape index (κ3) is 3.39. The van der Waals surface area contributed by atoms with Crippen LogP contribution in [-0.4, -0.2) is 42.8 Å². The molecule has 2 N–H and O–H groups in total. The highest BCUT2D eigenvalue weighted by atomic mass is 79.9. The van der Waals surface area contributed by atoms with Crippen molar-refractivity contribution in [3.8, 4) is 0 Å². The Morgan fingerprint density at radius 1 is 1.40 bits per heavy atom. The molecule has 1 fully saturated rings. The van der Waals surface area contributed by atoms with E-state index in [1.807, 2.05) is 19.9 Å². The van der Waals surface area contributed by atoms with E-state index in [4.69, 9.17) is 0 Å². The Morgan fingerprint density at radius 3 is 2.60 bits per heavy atom. The van der Waals surface area contributed by atoms with Crippen LogP contribution in [0.15, 0.2) is 22.7 Å². The first kappa shape index (κ1) is 15.9. The number of hydrogen-bond donors (Lipinski definition) is 2. The lowest BCUT2D eigenvalue weighted by atomic mass is 9.79. The molecule has 1 aliphatic rings. The predicted octanol–water partition coefficient (Wildman–Crippen LogP) is 2.55. The number of benzene rings is 1. The standard InChI is InChI=1S/C15H22BrFN2O/c1-15(2,10-20)14(19-7-5-18-6-8-19)11-3-4-12(16)13(17)9-11/h3-4,9,14,18,20H,5-8,10H2,1-2H3/t14-/m1/s1. The van der Waals surface area contributed by atoms with E-state index < -0.39 is 0 Å². The van der Waals surface area contributed by atoms with E-state index in [1.54, 1.807) is 12.1 Å². The number of halogens is 2. The topological polar surface area (TPSA) is 35.5 Å². The van der Waals surface area contributed by atoms with Gasteiger partial charge in [0.2, 0.25) is 0 Å². The molecule has 2 rings (SSSR count). The Hall–Kier alpha value is -0.490. The van der Waals surface area contributed by atoms with Crippen LogP contribution in [0, 0.1) is 11.2 Å². The number of aliphatic hydroxyl groups excluding tert-OH is 1. The summed E-state index contributed by atoms with van der Waals surface area (Å²) in [5.74, 6) is -0.253. The van der Waals surface area contributed by atoms with Gasteiger partial charge in [-0.05, 0) is 33.6 Å². The van der Waals surface area contributed by atoms with Crippen LogP contribution in [0.2, 0.25) is 0 Å². The Kier molecular flexibility index (Phi) is 5.18. The van der Waals surface area contributed by atoms with Gasteiger partial charge in [-0.15, -0.1) is 0 Å². The third-order valence-electron chi connectivity index (χ3n) is 3.92. The van der Waals surface area contributed by atoms with Gasteiger partial charge in [-0.25, -0.2) is 4.39 Å². The zero-order chi connectivity index (χ0) is 14.8. The summed E-state index contributed by atoms with van der Waals surface area (Å²) in [6.07, 6.45) is 0. The van der Waals surface area contributed by atoms with Crippen molar-refractivity contribution in [1.29, 1.82) is 0 Å². The first-order chi connectivity index (χ1) is 9.45. The molecule has 3 nitrogen and oxygen atoms in total. The minimum absolute atomic E-state index is 0.0113. The maximum Gasteiger partial charge on any atom is 0.137 e. The Labute approximate surface area is 128 Å². The molecule has 1 aromatic rings. The quantitative estimate of drug-likeness (QED) is 0.881. The van der Waals surface area contributed by atoms with Crippen molar-refractivity contribution in [3.05, 3.63) is 34.1 Å². The summed E-state index contributed by atoms with van der Waals surface area (Å²) in [4.78, 5) is 2.33. The van der Waals surface area contributed by atoms with Crippen LogP contribution in [0.5, 0.6) is 0 Å². The van der Waals surface area contributed by atoms with Crippen LogP contribution < -0.4 is 5.32 Å². The van der Waals surface area contributed by atoms with Crippen molar-refractivity contribution < 1.29 is 9.50 Å². The number of rotatable bonds is 4. The van der Waals surface area contributed by atoms with E-state index in [0.29, 0.717) is 4.47 Å². The molecular weight excluding hydrogens is 323 g/mol. The van der Waals surface area contributed by atoms with Crippen LogP contribution >= 0.6 is 15.9 Å². The molecule has 1 heterocycles. The van der Waals surface area contributed by atoms with E-state index in [1.165, 1.54) is 0 Å². The average molecular weight is 345 g/mol. The summed E-state index contributed by atoms with van der Waals surface area (Å²) < 4.78 is 14.3. The fraction of sp³-hybridized carbons (Fsp3) is 0.600. The van der Waals surface area contributed by atoms with Crippen molar-refractivity contribution >= 4 is 15.9 Å². The highest BCUT2D eigenvalue weighted by molar-refractivity contribution is 9.10. The third-order valence-corrected chi connectivity index (χ3v) is 4.57. The van der Waals surface area contributed by atoms with Gasteiger partial charge in [0.05, 0.1) is 4.47 Å². The summed E-state index contributed by atoms with van der Waals surface area (Å²) in [5, 5.41) is 13.1. The van der Waals surface area contributed by atoms with Crippen LogP contribution in [-0.2, 0) is 0 Å². The maximum absolute atomic E-state index is 13.9. The number of aliphatic hydroxyl groups is 1. The number of piperazine rings is 1. The van der Waals surface area contributed by atoms with Crippen molar-refractivity contribution in [1.82, 2.24) is 10.2 Å². The van der Waals surface area contributed by atoms with Gasteiger partial charge in [0.15, 0.2) is 0 Å². The van der Waals surface area contributed by atoms with E-state index >= 15 is 0 Å². The monoisotopic (exact) mass is 344 g/mol. The summed E-state index contributed by atoms with van der Waals surface area (Å²) in [6.45, 7) is 7.80. The van der Waals surface area contributed by atoms with Gasteiger partial charge in [-0.3, -0.25) is 4.90 Å². The number of nitrogens with zero attached hydrogens (tertiary/aromatic N) is 1. The molecule has 1 saturated heterocycles. The van der Waals surface area contributed by atoms with E-state index in [2.05, 4.69) is 26.1 Å². The number of nitrogens with one attached hydrogen (secondary N) is 1. The molecule has 0 unspecified atom stereocenters. The van der Waals surface area contributed by atoms with Crippen LogP contribution in [0.25, 0.3) is 0 Å². The molecule has 0 aliphatic carbocycles. The Balaban J connectivity index is 2.36. The number of hydrogen-bond acceptors (Lipinski definition) is 3. The van der Waals surface area contributed by atoms with Gasteiger partial charge in [0, 0.05) is 44.2 Å². The molecule has 0 radical (unpaired) electrons. The summed E-state index contributed by atoms with van der Waals surface area (Å²) in [5.41, 5.74) is 0.601. The molecule has 0 aromatic heterocycles. The molecule has 0 amide bonds. The van der Waals surface area contributed by atoms with Gasteiger partial charge in [0.25, 0.3) is 0 Å². The van der Waals surface area contributed by atoms with Gasteiger partial charge >= 0.3 is 0 Å². The zero-order valence-electron chi connectivity index (χ0n) is 12.0. The van der Waals surface area contributed by atoms with E-state index in [9.17, 15) is 9.50 Å². The first-order valence-electron chi connectivity index (χ1n) is 6.96. The predicted molar refractivity (Wildman–Crippen MR) is 82.2 cm³/mol. The average Bonchev–Trinajstić information content (AvgIpc) is 2.44. The SMILES string of the molecule is CC(C)(CO)[C@@H](c1ccc(Br)c(F)c1)N1CCNCC1. The van der Waals surface area contributed by atoms with Crippen molar-refractivity contribution in [2.45, 2.75) is 19.9 Å². The minimum atomic E-state index is -0.322. The molecular formula is C15H22BrFN2O.